The van der Waals surface area contributed by atoms with E-state index in [9.17, 15) is 9.59 Å². The van der Waals surface area contributed by atoms with Crippen LogP contribution in [0.2, 0.25) is 0 Å². The van der Waals surface area contributed by atoms with E-state index in [-0.39, 0.29) is 18.9 Å². The summed E-state index contributed by atoms with van der Waals surface area (Å²) in [6.45, 7) is 3.33. The van der Waals surface area contributed by atoms with Crippen LogP contribution in [0.3, 0.4) is 0 Å². The number of likely N-dealkylation sites (tertiary alicyclic amines) is 1. The number of amides is 1. The highest BCUT2D eigenvalue weighted by atomic mass is 16.5. The largest absolute Gasteiger partial charge is 0.493 e. The zero-order chi connectivity index (χ0) is 20.8. The minimum absolute atomic E-state index is 0.0502. The number of methoxy groups -OCH3 is 1. The maximum atomic E-state index is 12.0. The molecular weight excluding hydrogens is 374 g/mol. The molecule has 0 aliphatic carbocycles. The minimum Gasteiger partial charge on any atom is -0.493 e. The van der Waals surface area contributed by atoms with Gasteiger partial charge < -0.3 is 24.2 Å². The third-order valence-corrected chi connectivity index (χ3v) is 4.76. The molecule has 0 spiro atoms. The average Bonchev–Trinajstić information content (AvgIpc) is 3.07. The SMILES string of the molecule is COc1cc(CN2CC(C(=O)O)CC2=O)ccc1OCCOc1cccc(C)c1. The molecule has 29 heavy (non-hydrogen) atoms. The van der Waals surface area contributed by atoms with Crippen molar-refractivity contribution in [2.24, 2.45) is 5.92 Å². The molecule has 1 amide bonds. The summed E-state index contributed by atoms with van der Waals surface area (Å²) in [4.78, 5) is 24.7. The fraction of sp³-hybridized carbons (Fsp3) is 0.364. The Morgan fingerprint density at radius 1 is 1.14 bits per heavy atom. The van der Waals surface area contributed by atoms with Gasteiger partial charge in [-0.15, -0.1) is 0 Å². The highest BCUT2D eigenvalue weighted by Gasteiger charge is 2.34. The number of aliphatic carboxylic acids is 1. The van der Waals surface area contributed by atoms with E-state index in [0.29, 0.717) is 31.3 Å². The van der Waals surface area contributed by atoms with E-state index in [1.165, 1.54) is 0 Å². The number of aryl methyl sites for hydroxylation is 1. The molecule has 1 unspecified atom stereocenters. The summed E-state index contributed by atoms with van der Waals surface area (Å²) in [6, 6.07) is 13.3. The molecule has 7 nitrogen and oxygen atoms in total. The summed E-state index contributed by atoms with van der Waals surface area (Å²) in [5.41, 5.74) is 1.98. The molecule has 2 aromatic rings. The molecule has 1 fully saturated rings. The van der Waals surface area contributed by atoms with Crippen LogP contribution in [0, 0.1) is 12.8 Å². The Morgan fingerprint density at radius 3 is 2.62 bits per heavy atom. The van der Waals surface area contributed by atoms with Crippen LogP contribution < -0.4 is 14.2 Å². The number of carboxylic acid groups (broad SMARTS) is 1. The van der Waals surface area contributed by atoms with Gasteiger partial charge in [-0.2, -0.15) is 0 Å². The summed E-state index contributed by atoms with van der Waals surface area (Å²) in [7, 11) is 1.55. The number of benzene rings is 2. The topological polar surface area (TPSA) is 85.3 Å². The van der Waals surface area contributed by atoms with Gasteiger partial charge in [0.25, 0.3) is 0 Å². The molecule has 1 heterocycles. The van der Waals surface area contributed by atoms with Gasteiger partial charge in [0.15, 0.2) is 11.5 Å². The van der Waals surface area contributed by atoms with E-state index in [1.807, 2.05) is 37.3 Å². The molecule has 0 saturated carbocycles. The smallest absolute Gasteiger partial charge is 0.308 e. The van der Waals surface area contributed by atoms with Gasteiger partial charge in [-0.1, -0.05) is 18.2 Å². The maximum Gasteiger partial charge on any atom is 0.308 e. The van der Waals surface area contributed by atoms with Gasteiger partial charge in [0.05, 0.1) is 13.0 Å². The fourth-order valence-electron chi connectivity index (χ4n) is 3.26. The second kappa shape index (κ2) is 9.32. The molecule has 1 aliphatic rings. The first-order chi connectivity index (χ1) is 14.0. The van der Waals surface area contributed by atoms with Crippen molar-refractivity contribution in [3.05, 3.63) is 53.6 Å². The third-order valence-electron chi connectivity index (χ3n) is 4.76. The minimum atomic E-state index is -0.935. The number of hydrogen-bond acceptors (Lipinski definition) is 5. The Hall–Kier alpha value is -3.22. The van der Waals surface area contributed by atoms with Crippen LogP contribution in [0.1, 0.15) is 17.5 Å². The molecule has 1 atom stereocenters. The number of hydrogen-bond donors (Lipinski definition) is 1. The molecule has 0 bridgehead atoms. The highest BCUT2D eigenvalue weighted by molar-refractivity contribution is 5.86. The summed E-state index contributed by atoms with van der Waals surface area (Å²) < 4.78 is 16.8. The molecule has 7 heteroatoms. The number of rotatable bonds is 9. The monoisotopic (exact) mass is 399 g/mol. The fourth-order valence-corrected chi connectivity index (χ4v) is 3.26. The van der Waals surface area contributed by atoms with Gasteiger partial charge in [-0.3, -0.25) is 9.59 Å². The van der Waals surface area contributed by atoms with Gasteiger partial charge in [-0.25, -0.2) is 0 Å². The van der Waals surface area contributed by atoms with Crippen molar-refractivity contribution in [1.29, 1.82) is 0 Å². The Bertz CT molecular complexity index is 881. The number of carbonyl (C=O) groups is 2. The van der Waals surface area contributed by atoms with Crippen molar-refractivity contribution in [2.75, 3.05) is 26.9 Å². The Morgan fingerprint density at radius 2 is 1.93 bits per heavy atom. The number of nitrogens with zero attached hydrogens (tertiary/aromatic N) is 1. The summed E-state index contributed by atoms with van der Waals surface area (Å²) in [6.07, 6.45) is 0.0502. The quantitative estimate of drug-likeness (QED) is 0.653. The molecule has 1 saturated heterocycles. The van der Waals surface area contributed by atoms with Gasteiger partial charge in [-0.05, 0) is 42.3 Å². The van der Waals surface area contributed by atoms with Gasteiger partial charge >= 0.3 is 5.97 Å². The average molecular weight is 399 g/mol. The Balaban J connectivity index is 1.54. The summed E-state index contributed by atoms with van der Waals surface area (Å²) in [5, 5.41) is 9.10. The first-order valence-electron chi connectivity index (χ1n) is 9.46. The van der Waals surface area contributed by atoms with Crippen molar-refractivity contribution in [3.63, 3.8) is 0 Å². The van der Waals surface area contributed by atoms with Crippen LogP contribution in [0.25, 0.3) is 0 Å². The lowest BCUT2D eigenvalue weighted by Gasteiger charge is -2.18. The van der Waals surface area contributed by atoms with Gasteiger partial charge in [0.2, 0.25) is 5.91 Å². The maximum absolute atomic E-state index is 12.0. The zero-order valence-electron chi connectivity index (χ0n) is 16.6. The zero-order valence-corrected chi connectivity index (χ0v) is 16.6. The molecule has 0 aromatic heterocycles. The number of carbonyl (C=O) groups excluding carboxylic acids is 1. The van der Waals surface area contributed by atoms with Crippen LogP contribution in [-0.2, 0) is 16.1 Å². The predicted molar refractivity (Wildman–Crippen MR) is 106 cm³/mol. The standard InChI is InChI=1S/C22H25NO6/c1-15-4-3-5-18(10-15)28-8-9-29-19-7-6-16(11-20(19)27-2)13-23-14-17(22(25)26)12-21(23)24/h3-7,10-11,17H,8-9,12-14H2,1-2H3,(H,25,26). The summed E-state index contributed by atoms with van der Waals surface area (Å²) >= 11 is 0. The van der Waals surface area contributed by atoms with Gasteiger partial charge in [0, 0.05) is 19.5 Å². The van der Waals surface area contributed by atoms with E-state index in [0.717, 1.165) is 16.9 Å². The van der Waals surface area contributed by atoms with Crippen LogP contribution in [0.5, 0.6) is 17.2 Å². The predicted octanol–water partition coefficient (Wildman–Crippen LogP) is 2.89. The first kappa shape index (κ1) is 20.5. The molecular formula is C22H25NO6. The summed E-state index contributed by atoms with van der Waals surface area (Å²) in [5.74, 6) is 0.214. The van der Waals surface area contributed by atoms with E-state index >= 15 is 0 Å². The number of carboxylic acids is 1. The normalized spacial score (nSPS) is 16.0. The van der Waals surface area contributed by atoms with Crippen LogP contribution in [0.4, 0.5) is 0 Å². The molecule has 0 radical (unpaired) electrons. The van der Waals surface area contributed by atoms with Crippen LogP contribution in [0.15, 0.2) is 42.5 Å². The lowest BCUT2D eigenvalue weighted by molar-refractivity contribution is -0.141. The second-order valence-corrected chi connectivity index (χ2v) is 7.01. The van der Waals surface area contributed by atoms with Crippen molar-refractivity contribution < 1.29 is 28.9 Å². The Kier molecular flexibility index (Phi) is 6.59. The van der Waals surface area contributed by atoms with Gasteiger partial charge in [0.1, 0.15) is 19.0 Å². The van der Waals surface area contributed by atoms with E-state index < -0.39 is 11.9 Å². The lowest BCUT2D eigenvalue weighted by Crippen LogP contribution is -2.25. The third kappa shape index (κ3) is 5.40. The van der Waals surface area contributed by atoms with Crippen molar-refractivity contribution in [3.8, 4) is 17.2 Å². The van der Waals surface area contributed by atoms with Crippen LogP contribution >= 0.6 is 0 Å². The molecule has 2 aromatic carbocycles. The molecule has 3 rings (SSSR count). The molecule has 1 aliphatic heterocycles. The second-order valence-electron chi connectivity index (χ2n) is 7.01. The van der Waals surface area contributed by atoms with Crippen molar-refractivity contribution in [2.45, 2.75) is 19.9 Å². The van der Waals surface area contributed by atoms with E-state index in [4.69, 9.17) is 19.3 Å². The van der Waals surface area contributed by atoms with E-state index in [2.05, 4.69) is 0 Å². The first-order valence-corrected chi connectivity index (χ1v) is 9.46. The highest BCUT2D eigenvalue weighted by Crippen LogP contribution is 2.29. The van der Waals surface area contributed by atoms with Crippen molar-refractivity contribution >= 4 is 11.9 Å². The molecule has 1 N–H and O–H groups in total. The molecule has 154 valence electrons. The van der Waals surface area contributed by atoms with Crippen molar-refractivity contribution in [1.82, 2.24) is 4.90 Å². The number of ether oxygens (including phenoxy) is 3. The van der Waals surface area contributed by atoms with Crippen LogP contribution in [-0.4, -0.2) is 48.8 Å². The Labute approximate surface area is 169 Å². The van der Waals surface area contributed by atoms with E-state index in [1.54, 1.807) is 24.1 Å². The lowest BCUT2D eigenvalue weighted by atomic mass is 10.1.